The van der Waals surface area contributed by atoms with Crippen LogP contribution in [0.4, 0.5) is 0 Å². The number of imidazole rings is 2. The van der Waals surface area contributed by atoms with E-state index in [0.717, 1.165) is 63.0 Å². The minimum atomic E-state index is 0. The average molecular weight is 547 g/mol. The molecule has 2 aromatic carbocycles. The second kappa shape index (κ2) is 15.9. The van der Waals surface area contributed by atoms with Crippen LogP contribution in [0, 0.1) is 0 Å². The molecule has 8 nitrogen and oxygen atoms in total. The van der Waals surface area contributed by atoms with Crippen LogP contribution in [0.1, 0.15) is 23.9 Å². The number of aromatic nitrogens is 4. The molecule has 38 heavy (non-hydrogen) atoms. The maximum atomic E-state index is 5.86. The molecule has 0 saturated heterocycles. The number of H-pyrrole nitrogens is 1. The summed E-state index contributed by atoms with van der Waals surface area (Å²) >= 11 is 5.86. The van der Waals surface area contributed by atoms with Gasteiger partial charge < -0.3 is 20.5 Å². The summed E-state index contributed by atoms with van der Waals surface area (Å²) in [6, 6.07) is 16.4. The van der Waals surface area contributed by atoms with E-state index < -0.39 is 0 Å². The van der Waals surface area contributed by atoms with Crippen LogP contribution in [0.15, 0.2) is 73.6 Å². The summed E-state index contributed by atoms with van der Waals surface area (Å²) in [5.74, 6) is 2.40. The second-order valence-electron chi connectivity index (χ2n) is 8.96. The molecule has 0 unspecified atom stereocenters. The zero-order valence-electron chi connectivity index (χ0n) is 23.5. The molecule has 0 spiro atoms. The SMILES string of the molecule is COc1ccc(CN(CCCl)Cc2cnc[nH]2)cc1.COc1ccc(CN2CCn3cncc3C2)cc1.[H-].[Na+]. The van der Waals surface area contributed by atoms with Gasteiger partial charge in [0.25, 0.3) is 0 Å². The van der Waals surface area contributed by atoms with Crippen molar-refractivity contribution in [2.75, 3.05) is 33.2 Å². The average Bonchev–Trinajstić information content (AvgIpc) is 3.62. The summed E-state index contributed by atoms with van der Waals surface area (Å²) in [5.41, 5.74) is 4.96. The van der Waals surface area contributed by atoms with Crippen molar-refractivity contribution in [3.05, 3.63) is 96.1 Å². The minimum absolute atomic E-state index is 0. The predicted molar refractivity (Wildman–Crippen MR) is 147 cm³/mol. The molecule has 1 N–H and O–H groups in total. The Kier molecular flexibility index (Phi) is 12.7. The first-order chi connectivity index (χ1) is 18.2. The molecule has 198 valence electrons. The first-order valence-electron chi connectivity index (χ1n) is 12.4. The molecule has 0 saturated carbocycles. The maximum absolute atomic E-state index is 5.86. The van der Waals surface area contributed by atoms with E-state index in [0.29, 0.717) is 5.88 Å². The molecule has 0 amide bonds. The van der Waals surface area contributed by atoms with Crippen LogP contribution >= 0.6 is 11.6 Å². The van der Waals surface area contributed by atoms with Crippen LogP contribution in [0.3, 0.4) is 0 Å². The van der Waals surface area contributed by atoms with Crippen molar-refractivity contribution < 1.29 is 40.5 Å². The summed E-state index contributed by atoms with van der Waals surface area (Å²) in [4.78, 5) is 16.1. The number of hydrogen-bond donors (Lipinski definition) is 1. The molecule has 3 heterocycles. The zero-order chi connectivity index (χ0) is 25.9. The van der Waals surface area contributed by atoms with E-state index in [1.54, 1.807) is 20.5 Å². The largest absolute Gasteiger partial charge is 1.00 e. The van der Waals surface area contributed by atoms with Gasteiger partial charge in [-0.3, -0.25) is 9.80 Å². The molecule has 0 bridgehead atoms. The molecule has 0 fully saturated rings. The van der Waals surface area contributed by atoms with E-state index in [1.165, 1.54) is 16.8 Å². The summed E-state index contributed by atoms with van der Waals surface area (Å²) in [6.07, 6.45) is 7.41. The van der Waals surface area contributed by atoms with Gasteiger partial charge in [0.2, 0.25) is 0 Å². The molecule has 5 rings (SSSR count). The Morgan fingerprint density at radius 2 is 1.61 bits per heavy atom. The quantitative estimate of drug-likeness (QED) is 0.241. The molecular weight excluding hydrogens is 511 g/mol. The number of benzene rings is 2. The van der Waals surface area contributed by atoms with Crippen molar-refractivity contribution >= 4 is 11.6 Å². The molecule has 4 aromatic rings. The van der Waals surface area contributed by atoms with Crippen LogP contribution in [-0.4, -0.2) is 62.5 Å². The van der Waals surface area contributed by atoms with Crippen LogP contribution in [-0.2, 0) is 32.7 Å². The Bertz CT molecular complexity index is 1190. The molecule has 0 aliphatic carbocycles. The third-order valence-corrected chi connectivity index (χ3v) is 6.49. The van der Waals surface area contributed by atoms with Crippen molar-refractivity contribution in [3.63, 3.8) is 0 Å². The van der Waals surface area contributed by atoms with Crippen LogP contribution in [0.2, 0.25) is 0 Å². The van der Waals surface area contributed by atoms with E-state index >= 15 is 0 Å². The molecule has 10 heteroatoms. The monoisotopic (exact) mass is 546 g/mol. The van der Waals surface area contributed by atoms with E-state index in [2.05, 4.69) is 53.6 Å². The van der Waals surface area contributed by atoms with Gasteiger partial charge >= 0.3 is 29.6 Å². The Morgan fingerprint density at radius 1 is 0.921 bits per heavy atom. The maximum Gasteiger partial charge on any atom is 1.00 e. The second-order valence-corrected chi connectivity index (χ2v) is 9.34. The van der Waals surface area contributed by atoms with Gasteiger partial charge in [0.1, 0.15) is 11.5 Å². The van der Waals surface area contributed by atoms with Gasteiger partial charge in [-0.2, -0.15) is 0 Å². The number of nitrogens with zero attached hydrogens (tertiary/aromatic N) is 5. The Balaban J connectivity index is 0.000000260. The van der Waals surface area contributed by atoms with Gasteiger partial charge in [-0.05, 0) is 35.4 Å². The topological polar surface area (TPSA) is 71.4 Å². The third-order valence-electron chi connectivity index (χ3n) is 6.32. The fourth-order valence-electron chi connectivity index (χ4n) is 4.30. The fourth-order valence-corrected chi connectivity index (χ4v) is 4.54. The van der Waals surface area contributed by atoms with Crippen molar-refractivity contribution in [2.45, 2.75) is 32.7 Å². The number of ether oxygens (including phenoxy) is 2. The Hall–Kier alpha value is -2.33. The van der Waals surface area contributed by atoms with Crippen molar-refractivity contribution in [3.8, 4) is 11.5 Å². The number of halogens is 1. The summed E-state index contributed by atoms with van der Waals surface area (Å²) in [7, 11) is 3.37. The van der Waals surface area contributed by atoms with Crippen molar-refractivity contribution in [1.82, 2.24) is 29.3 Å². The van der Waals surface area contributed by atoms with Gasteiger partial charge in [-0.15, -0.1) is 11.6 Å². The standard InChI is InChI=1S/C14H18ClN3O.C14H17N3O.Na.H/c1-19-14-4-2-12(3-5-14)9-18(7-6-15)10-13-8-16-11-17-13;1-18-14-4-2-12(3-5-14)9-16-6-7-17-11-15-8-13(17)10-16;;/h2-5,8,11H,6-7,9-10H2,1H3,(H,16,17);2-5,8,11H,6-7,9-10H2,1H3;;/q;;+1;-1. The molecule has 0 atom stereocenters. The van der Waals surface area contributed by atoms with Crippen LogP contribution in [0.5, 0.6) is 11.5 Å². The van der Waals surface area contributed by atoms with Crippen molar-refractivity contribution in [2.24, 2.45) is 0 Å². The summed E-state index contributed by atoms with van der Waals surface area (Å²) in [6.45, 7) is 6.59. The Morgan fingerprint density at radius 3 is 2.21 bits per heavy atom. The van der Waals surface area contributed by atoms with Crippen LogP contribution < -0.4 is 39.0 Å². The number of aromatic amines is 1. The number of hydrogen-bond acceptors (Lipinski definition) is 6. The van der Waals surface area contributed by atoms with E-state index in [1.807, 2.05) is 43.0 Å². The Labute approximate surface area is 253 Å². The van der Waals surface area contributed by atoms with E-state index in [9.17, 15) is 0 Å². The predicted octanol–water partition coefficient (Wildman–Crippen LogP) is 1.68. The number of methoxy groups -OCH3 is 2. The first-order valence-corrected chi connectivity index (χ1v) is 12.9. The van der Waals surface area contributed by atoms with Gasteiger partial charge in [-0.1, -0.05) is 24.3 Å². The number of fused-ring (bicyclic) bond motifs is 1. The third kappa shape index (κ3) is 9.15. The number of nitrogens with one attached hydrogen (secondary N) is 1. The number of rotatable bonds is 10. The summed E-state index contributed by atoms with van der Waals surface area (Å²) < 4.78 is 12.6. The smallest absolute Gasteiger partial charge is 1.00 e. The summed E-state index contributed by atoms with van der Waals surface area (Å²) in [5, 5.41) is 0. The van der Waals surface area contributed by atoms with Gasteiger partial charge in [0.15, 0.2) is 0 Å². The number of alkyl halides is 1. The van der Waals surface area contributed by atoms with Crippen molar-refractivity contribution in [1.29, 1.82) is 0 Å². The molecule has 0 radical (unpaired) electrons. The first kappa shape index (κ1) is 30.2. The fraction of sp³-hybridized carbons (Fsp3) is 0.357. The normalized spacial score (nSPS) is 12.7. The van der Waals surface area contributed by atoms with Gasteiger partial charge in [0.05, 0.1) is 32.6 Å². The molecule has 1 aliphatic heterocycles. The van der Waals surface area contributed by atoms with Gasteiger partial charge in [-0.25, -0.2) is 9.97 Å². The minimum Gasteiger partial charge on any atom is -1.00 e. The molecular formula is C28H36ClN6NaO2. The van der Waals surface area contributed by atoms with E-state index in [-0.39, 0.29) is 31.0 Å². The zero-order valence-corrected chi connectivity index (χ0v) is 25.3. The van der Waals surface area contributed by atoms with Gasteiger partial charge in [0, 0.05) is 69.8 Å². The van der Waals surface area contributed by atoms with Crippen LogP contribution in [0.25, 0.3) is 0 Å². The van der Waals surface area contributed by atoms with E-state index in [4.69, 9.17) is 21.1 Å². The molecule has 2 aromatic heterocycles. The molecule has 1 aliphatic rings.